The smallest absolute Gasteiger partial charge is 0.250 e. The number of anilines is 1. The molecule has 20 heavy (non-hydrogen) atoms. The molecule has 0 saturated carbocycles. The minimum atomic E-state index is 0.445. The molecule has 0 spiro atoms. The summed E-state index contributed by atoms with van der Waals surface area (Å²) >= 11 is 3.52. The first-order valence-corrected chi connectivity index (χ1v) is 8.10. The maximum absolute atomic E-state index is 4.24. The molecule has 1 aromatic carbocycles. The standard InChI is InChI=1S/C14H20BrN5/c1-3-12(4-2)19(11-10-15)14-16-17-18-20(14)13-8-6-5-7-9-13/h5-9,12H,3-4,10-11H2,1-2H3. The lowest BCUT2D eigenvalue weighted by atomic mass is 10.1. The van der Waals surface area contributed by atoms with E-state index in [1.165, 1.54) is 0 Å². The van der Waals surface area contributed by atoms with Gasteiger partial charge in [-0.05, 0) is 35.4 Å². The van der Waals surface area contributed by atoms with Crippen LogP contribution < -0.4 is 4.90 Å². The van der Waals surface area contributed by atoms with Crippen LogP contribution in [0.15, 0.2) is 30.3 Å². The zero-order valence-corrected chi connectivity index (χ0v) is 13.5. The number of hydrogen-bond acceptors (Lipinski definition) is 4. The van der Waals surface area contributed by atoms with Crippen LogP contribution in [0.5, 0.6) is 0 Å². The number of para-hydroxylation sites is 1. The molecule has 0 aliphatic rings. The SMILES string of the molecule is CCC(CC)N(CCBr)c1nnnn1-c1ccccc1. The Hall–Kier alpha value is -1.43. The predicted octanol–water partition coefficient (Wildman–Crippen LogP) is 3.05. The van der Waals surface area contributed by atoms with Crippen LogP contribution in [0.25, 0.3) is 5.69 Å². The normalized spacial score (nSPS) is 11.0. The molecule has 0 amide bonds. The van der Waals surface area contributed by atoms with Crippen molar-refractivity contribution in [1.82, 2.24) is 20.2 Å². The van der Waals surface area contributed by atoms with E-state index in [0.717, 1.165) is 36.4 Å². The molecule has 0 N–H and O–H groups in total. The molecule has 5 nitrogen and oxygen atoms in total. The van der Waals surface area contributed by atoms with E-state index in [2.05, 4.69) is 50.2 Å². The summed E-state index contributed by atoms with van der Waals surface area (Å²) in [7, 11) is 0. The van der Waals surface area contributed by atoms with Gasteiger partial charge in [-0.2, -0.15) is 4.68 Å². The molecule has 108 valence electrons. The van der Waals surface area contributed by atoms with Crippen molar-refractivity contribution in [1.29, 1.82) is 0 Å². The minimum Gasteiger partial charge on any atom is -0.336 e. The molecule has 2 rings (SSSR count). The zero-order chi connectivity index (χ0) is 14.4. The Labute approximate surface area is 128 Å². The van der Waals surface area contributed by atoms with Gasteiger partial charge < -0.3 is 4.90 Å². The van der Waals surface area contributed by atoms with Crippen molar-refractivity contribution in [3.8, 4) is 5.69 Å². The highest BCUT2D eigenvalue weighted by atomic mass is 79.9. The van der Waals surface area contributed by atoms with E-state index in [0.29, 0.717) is 6.04 Å². The molecule has 0 saturated heterocycles. The Kier molecular flexibility index (Phi) is 5.52. The third-order valence-corrected chi connectivity index (χ3v) is 3.77. The summed E-state index contributed by atoms with van der Waals surface area (Å²) in [6.45, 7) is 5.29. The van der Waals surface area contributed by atoms with Gasteiger partial charge in [-0.3, -0.25) is 0 Å². The fourth-order valence-electron chi connectivity index (χ4n) is 2.36. The number of alkyl halides is 1. The number of nitrogens with zero attached hydrogens (tertiary/aromatic N) is 5. The Morgan fingerprint density at radius 2 is 1.90 bits per heavy atom. The van der Waals surface area contributed by atoms with Gasteiger partial charge in [-0.1, -0.05) is 53.1 Å². The highest BCUT2D eigenvalue weighted by Crippen LogP contribution is 2.20. The molecule has 0 fully saturated rings. The number of halogens is 1. The van der Waals surface area contributed by atoms with Gasteiger partial charge in [-0.25, -0.2) is 0 Å². The average molecular weight is 338 g/mol. The third-order valence-electron chi connectivity index (χ3n) is 3.42. The molecule has 0 aliphatic heterocycles. The summed E-state index contributed by atoms with van der Waals surface area (Å²) in [6.07, 6.45) is 2.15. The molecule has 2 aromatic rings. The van der Waals surface area contributed by atoms with E-state index in [-0.39, 0.29) is 0 Å². The van der Waals surface area contributed by atoms with Crippen LogP contribution in [0.1, 0.15) is 26.7 Å². The van der Waals surface area contributed by atoms with Crippen LogP contribution in [0.2, 0.25) is 0 Å². The van der Waals surface area contributed by atoms with Gasteiger partial charge in [-0.15, -0.1) is 0 Å². The molecular formula is C14H20BrN5. The fraction of sp³-hybridized carbons (Fsp3) is 0.500. The second-order valence-electron chi connectivity index (χ2n) is 4.58. The highest BCUT2D eigenvalue weighted by Gasteiger charge is 2.21. The minimum absolute atomic E-state index is 0.445. The van der Waals surface area contributed by atoms with Gasteiger partial charge in [0.25, 0.3) is 5.95 Å². The largest absolute Gasteiger partial charge is 0.336 e. The number of aromatic nitrogens is 4. The molecule has 0 atom stereocenters. The number of rotatable bonds is 7. The van der Waals surface area contributed by atoms with Crippen LogP contribution in [-0.2, 0) is 0 Å². The summed E-state index contributed by atoms with van der Waals surface area (Å²) in [6, 6.07) is 10.4. The summed E-state index contributed by atoms with van der Waals surface area (Å²) < 4.78 is 1.81. The van der Waals surface area contributed by atoms with Crippen LogP contribution in [0, 0.1) is 0 Å². The van der Waals surface area contributed by atoms with Gasteiger partial charge >= 0.3 is 0 Å². The van der Waals surface area contributed by atoms with Gasteiger partial charge in [0.15, 0.2) is 0 Å². The van der Waals surface area contributed by atoms with Crippen LogP contribution in [-0.4, -0.2) is 38.1 Å². The maximum atomic E-state index is 4.24. The Morgan fingerprint density at radius 3 is 2.50 bits per heavy atom. The predicted molar refractivity (Wildman–Crippen MR) is 84.7 cm³/mol. The molecule has 0 radical (unpaired) electrons. The third kappa shape index (κ3) is 3.17. The Bertz CT molecular complexity index is 509. The van der Waals surface area contributed by atoms with E-state index in [4.69, 9.17) is 0 Å². The molecule has 1 heterocycles. The van der Waals surface area contributed by atoms with Crippen molar-refractivity contribution in [2.75, 3.05) is 16.8 Å². The Morgan fingerprint density at radius 1 is 1.20 bits per heavy atom. The topological polar surface area (TPSA) is 46.8 Å². The second kappa shape index (κ2) is 7.38. The van der Waals surface area contributed by atoms with E-state index < -0.39 is 0 Å². The van der Waals surface area contributed by atoms with E-state index in [9.17, 15) is 0 Å². The van der Waals surface area contributed by atoms with Gasteiger partial charge in [0, 0.05) is 17.9 Å². The summed E-state index contributed by atoms with van der Waals surface area (Å²) in [5.41, 5.74) is 0.984. The highest BCUT2D eigenvalue weighted by molar-refractivity contribution is 9.09. The van der Waals surface area contributed by atoms with Crippen molar-refractivity contribution in [2.24, 2.45) is 0 Å². The molecular weight excluding hydrogens is 318 g/mol. The fourth-order valence-corrected chi connectivity index (χ4v) is 2.75. The Balaban J connectivity index is 2.37. The van der Waals surface area contributed by atoms with Crippen molar-refractivity contribution in [2.45, 2.75) is 32.7 Å². The van der Waals surface area contributed by atoms with E-state index in [1.54, 1.807) is 4.68 Å². The molecule has 6 heteroatoms. The quantitative estimate of drug-likeness (QED) is 0.728. The molecule has 0 bridgehead atoms. The first-order chi connectivity index (χ1) is 9.81. The zero-order valence-electron chi connectivity index (χ0n) is 11.9. The molecule has 0 aliphatic carbocycles. The number of benzene rings is 1. The monoisotopic (exact) mass is 337 g/mol. The summed E-state index contributed by atoms with van der Waals surface area (Å²) in [5.74, 6) is 0.810. The average Bonchev–Trinajstić information content (AvgIpc) is 2.97. The van der Waals surface area contributed by atoms with Crippen molar-refractivity contribution < 1.29 is 0 Å². The molecule has 0 unspecified atom stereocenters. The second-order valence-corrected chi connectivity index (χ2v) is 5.37. The van der Waals surface area contributed by atoms with Crippen molar-refractivity contribution in [3.63, 3.8) is 0 Å². The van der Waals surface area contributed by atoms with Gasteiger partial charge in [0.2, 0.25) is 0 Å². The number of hydrogen-bond donors (Lipinski definition) is 0. The van der Waals surface area contributed by atoms with Crippen LogP contribution >= 0.6 is 15.9 Å². The lowest BCUT2D eigenvalue weighted by Crippen LogP contribution is -2.38. The first-order valence-electron chi connectivity index (χ1n) is 6.98. The van der Waals surface area contributed by atoms with Gasteiger partial charge in [0.05, 0.1) is 5.69 Å². The van der Waals surface area contributed by atoms with E-state index in [1.807, 2.05) is 30.3 Å². The number of tetrazole rings is 1. The van der Waals surface area contributed by atoms with E-state index >= 15 is 0 Å². The first kappa shape index (κ1) is 15.0. The maximum Gasteiger partial charge on any atom is 0.250 e. The molecule has 1 aromatic heterocycles. The van der Waals surface area contributed by atoms with Crippen LogP contribution in [0.4, 0.5) is 5.95 Å². The van der Waals surface area contributed by atoms with Crippen LogP contribution in [0.3, 0.4) is 0 Å². The summed E-state index contributed by atoms with van der Waals surface area (Å²) in [4.78, 5) is 2.28. The summed E-state index contributed by atoms with van der Waals surface area (Å²) in [5, 5.41) is 13.1. The van der Waals surface area contributed by atoms with Crippen molar-refractivity contribution in [3.05, 3.63) is 30.3 Å². The lowest BCUT2D eigenvalue weighted by Gasteiger charge is -2.30. The van der Waals surface area contributed by atoms with Gasteiger partial charge in [0.1, 0.15) is 0 Å². The van der Waals surface area contributed by atoms with Crippen molar-refractivity contribution >= 4 is 21.9 Å². The lowest BCUT2D eigenvalue weighted by molar-refractivity contribution is 0.552.